The van der Waals surface area contributed by atoms with E-state index < -0.39 is 0 Å². The Balaban J connectivity index is 1.94. The summed E-state index contributed by atoms with van der Waals surface area (Å²) >= 11 is 0. The van der Waals surface area contributed by atoms with Crippen LogP contribution in [0.15, 0.2) is 18.2 Å². The van der Waals surface area contributed by atoms with Gasteiger partial charge in [-0.2, -0.15) is 0 Å². The highest BCUT2D eigenvalue weighted by molar-refractivity contribution is 5.97. The van der Waals surface area contributed by atoms with Gasteiger partial charge in [-0.05, 0) is 43.0 Å². The summed E-state index contributed by atoms with van der Waals surface area (Å²) in [6.07, 6.45) is 3.42. The number of fused-ring (bicyclic) bond motifs is 1. The minimum atomic E-state index is -0.139. The van der Waals surface area contributed by atoms with Crippen LogP contribution in [0, 0.1) is 0 Å². The molecule has 0 unspecified atom stereocenters. The van der Waals surface area contributed by atoms with Crippen LogP contribution in [0.25, 0.3) is 0 Å². The third kappa shape index (κ3) is 4.30. The summed E-state index contributed by atoms with van der Waals surface area (Å²) in [6.45, 7) is 1.05. The van der Waals surface area contributed by atoms with Crippen molar-refractivity contribution in [1.29, 1.82) is 0 Å². The second kappa shape index (κ2) is 7.42. The Labute approximate surface area is 123 Å². The van der Waals surface area contributed by atoms with Crippen molar-refractivity contribution in [2.75, 3.05) is 18.4 Å². The second-order valence-electron chi connectivity index (χ2n) is 4.96. The number of amides is 3. The van der Waals surface area contributed by atoms with E-state index in [-0.39, 0.29) is 11.8 Å². The van der Waals surface area contributed by atoms with E-state index in [1.165, 1.54) is 0 Å². The molecule has 0 saturated carbocycles. The second-order valence-corrected chi connectivity index (χ2v) is 4.96. The topological polar surface area (TPSA) is 87.3 Å². The lowest BCUT2D eigenvalue weighted by atomic mass is 10.0. The molecule has 0 bridgehead atoms. The van der Waals surface area contributed by atoms with Crippen molar-refractivity contribution in [3.8, 4) is 0 Å². The van der Waals surface area contributed by atoms with Crippen molar-refractivity contribution in [2.24, 2.45) is 0 Å². The molecular formula is C15H19N3O3. The van der Waals surface area contributed by atoms with Crippen LogP contribution in [0.4, 0.5) is 5.69 Å². The average molecular weight is 289 g/mol. The molecule has 0 aliphatic carbocycles. The smallest absolute Gasteiger partial charge is 0.251 e. The van der Waals surface area contributed by atoms with Crippen molar-refractivity contribution >= 4 is 23.9 Å². The SMILES string of the molecule is O=CNCCCNC(=O)c1ccc2c(c1)CCCC(=O)N2. The van der Waals surface area contributed by atoms with Crippen LogP contribution < -0.4 is 16.0 Å². The Hall–Kier alpha value is -2.37. The van der Waals surface area contributed by atoms with Crippen molar-refractivity contribution in [3.05, 3.63) is 29.3 Å². The predicted molar refractivity (Wildman–Crippen MR) is 79.0 cm³/mol. The molecule has 1 aliphatic heterocycles. The van der Waals surface area contributed by atoms with Gasteiger partial charge in [-0.3, -0.25) is 14.4 Å². The monoisotopic (exact) mass is 289 g/mol. The zero-order valence-corrected chi connectivity index (χ0v) is 11.8. The van der Waals surface area contributed by atoms with Gasteiger partial charge < -0.3 is 16.0 Å². The number of rotatable bonds is 6. The highest BCUT2D eigenvalue weighted by atomic mass is 16.2. The first-order valence-electron chi connectivity index (χ1n) is 7.08. The summed E-state index contributed by atoms with van der Waals surface area (Å²) < 4.78 is 0. The predicted octanol–water partition coefficient (Wildman–Crippen LogP) is 0.827. The Bertz CT molecular complexity index is 543. The highest BCUT2D eigenvalue weighted by Crippen LogP contribution is 2.23. The molecule has 1 aromatic carbocycles. The summed E-state index contributed by atoms with van der Waals surface area (Å²) in [4.78, 5) is 33.6. The summed E-state index contributed by atoms with van der Waals surface area (Å²) in [5.74, 6) is -0.117. The number of nitrogens with one attached hydrogen (secondary N) is 3. The van der Waals surface area contributed by atoms with Crippen LogP contribution in [0.3, 0.4) is 0 Å². The fraction of sp³-hybridized carbons (Fsp3) is 0.400. The Morgan fingerprint density at radius 2 is 2.14 bits per heavy atom. The van der Waals surface area contributed by atoms with Gasteiger partial charge in [0.2, 0.25) is 12.3 Å². The molecule has 112 valence electrons. The first kappa shape index (κ1) is 15.0. The lowest BCUT2D eigenvalue weighted by Crippen LogP contribution is -2.27. The van der Waals surface area contributed by atoms with Gasteiger partial charge in [0.25, 0.3) is 5.91 Å². The van der Waals surface area contributed by atoms with Gasteiger partial charge in [0, 0.05) is 30.8 Å². The Morgan fingerprint density at radius 1 is 1.29 bits per heavy atom. The Morgan fingerprint density at radius 3 is 2.95 bits per heavy atom. The van der Waals surface area contributed by atoms with Gasteiger partial charge >= 0.3 is 0 Å². The zero-order valence-electron chi connectivity index (χ0n) is 11.8. The van der Waals surface area contributed by atoms with Crippen molar-refractivity contribution in [1.82, 2.24) is 10.6 Å². The van der Waals surface area contributed by atoms with Gasteiger partial charge in [0.15, 0.2) is 0 Å². The van der Waals surface area contributed by atoms with E-state index in [0.717, 1.165) is 24.1 Å². The molecule has 1 aliphatic rings. The molecule has 6 nitrogen and oxygen atoms in total. The van der Waals surface area contributed by atoms with Gasteiger partial charge in [-0.1, -0.05) is 0 Å². The maximum atomic E-state index is 12.0. The van der Waals surface area contributed by atoms with E-state index in [2.05, 4.69) is 16.0 Å². The summed E-state index contributed by atoms with van der Waals surface area (Å²) in [5, 5.41) is 8.19. The molecule has 21 heavy (non-hydrogen) atoms. The standard InChI is InChI=1S/C15H19N3O3/c19-10-16-7-2-8-17-15(21)12-5-6-13-11(9-12)3-1-4-14(20)18-13/h5-6,9-10H,1-4,7-8H2,(H,16,19)(H,17,21)(H,18,20). The molecule has 1 heterocycles. The highest BCUT2D eigenvalue weighted by Gasteiger charge is 2.14. The van der Waals surface area contributed by atoms with Gasteiger partial charge in [0.05, 0.1) is 0 Å². The van der Waals surface area contributed by atoms with Crippen LogP contribution >= 0.6 is 0 Å². The minimum Gasteiger partial charge on any atom is -0.359 e. The molecule has 0 aromatic heterocycles. The summed E-state index contributed by atoms with van der Waals surface area (Å²) in [6, 6.07) is 5.32. The number of carbonyl (C=O) groups excluding carboxylic acids is 3. The van der Waals surface area contributed by atoms with E-state index in [1.807, 2.05) is 6.07 Å². The number of anilines is 1. The van der Waals surface area contributed by atoms with Gasteiger partial charge in [0.1, 0.15) is 0 Å². The molecule has 0 spiro atoms. The number of hydrogen-bond acceptors (Lipinski definition) is 3. The molecule has 1 aromatic rings. The van der Waals surface area contributed by atoms with Crippen LogP contribution in [-0.2, 0) is 16.0 Å². The largest absolute Gasteiger partial charge is 0.359 e. The first-order valence-corrected chi connectivity index (χ1v) is 7.08. The Kier molecular flexibility index (Phi) is 5.31. The van der Waals surface area contributed by atoms with Crippen LogP contribution in [0.2, 0.25) is 0 Å². The molecule has 0 saturated heterocycles. The third-order valence-electron chi connectivity index (χ3n) is 3.36. The van der Waals surface area contributed by atoms with Gasteiger partial charge in [-0.15, -0.1) is 0 Å². The molecule has 3 N–H and O–H groups in total. The molecule has 6 heteroatoms. The van der Waals surface area contributed by atoms with Crippen molar-refractivity contribution < 1.29 is 14.4 Å². The first-order chi connectivity index (χ1) is 10.2. The van der Waals surface area contributed by atoms with Crippen LogP contribution in [0.1, 0.15) is 35.2 Å². The van der Waals surface area contributed by atoms with Crippen LogP contribution in [-0.4, -0.2) is 31.3 Å². The zero-order chi connectivity index (χ0) is 15.1. The fourth-order valence-corrected chi connectivity index (χ4v) is 2.27. The number of carbonyl (C=O) groups is 3. The molecule has 3 amide bonds. The number of hydrogen-bond donors (Lipinski definition) is 3. The number of benzene rings is 1. The van der Waals surface area contributed by atoms with E-state index in [1.54, 1.807) is 12.1 Å². The average Bonchev–Trinajstić information content (AvgIpc) is 2.66. The maximum absolute atomic E-state index is 12.0. The van der Waals surface area contributed by atoms with Crippen molar-refractivity contribution in [2.45, 2.75) is 25.7 Å². The lowest BCUT2D eigenvalue weighted by Gasteiger charge is -2.10. The third-order valence-corrected chi connectivity index (χ3v) is 3.36. The minimum absolute atomic E-state index is 0.0219. The van der Waals surface area contributed by atoms with E-state index >= 15 is 0 Å². The normalized spacial score (nSPS) is 13.6. The molecule has 2 rings (SSSR count). The van der Waals surface area contributed by atoms with E-state index in [9.17, 15) is 14.4 Å². The maximum Gasteiger partial charge on any atom is 0.251 e. The lowest BCUT2D eigenvalue weighted by molar-refractivity contribution is -0.116. The van der Waals surface area contributed by atoms with Crippen molar-refractivity contribution in [3.63, 3.8) is 0 Å². The molecule has 0 atom stereocenters. The molecule has 0 radical (unpaired) electrons. The number of aryl methyl sites for hydroxylation is 1. The fourth-order valence-electron chi connectivity index (χ4n) is 2.27. The summed E-state index contributed by atoms with van der Waals surface area (Å²) in [5.41, 5.74) is 2.38. The summed E-state index contributed by atoms with van der Waals surface area (Å²) in [7, 11) is 0. The quantitative estimate of drug-likeness (QED) is 0.535. The van der Waals surface area contributed by atoms with E-state index in [4.69, 9.17) is 0 Å². The van der Waals surface area contributed by atoms with Crippen LogP contribution in [0.5, 0.6) is 0 Å². The van der Waals surface area contributed by atoms with Gasteiger partial charge in [-0.25, -0.2) is 0 Å². The molecular weight excluding hydrogens is 270 g/mol. The van der Waals surface area contributed by atoms with E-state index in [0.29, 0.717) is 37.9 Å². The molecule has 0 fully saturated rings.